The van der Waals surface area contributed by atoms with Gasteiger partial charge in [-0.3, -0.25) is 9.48 Å². The van der Waals surface area contributed by atoms with E-state index < -0.39 is 98.4 Å². The molecule has 57 heavy (non-hydrogen) atoms. The van der Waals surface area contributed by atoms with Gasteiger partial charge in [-0.1, -0.05) is 30.2 Å². The van der Waals surface area contributed by atoms with Gasteiger partial charge < -0.3 is 15.5 Å². The van der Waals surface area contributed by atoms with E-state index in [9.17, 15) is 35.2 Å². The predicted molar refractivity (Wildman–Crippen MR) is 190 cm³/mol. The molecule has 1 amide bonds. The third-order valence-electron chi connectivity index (χ3n) is 10.7. The van der Waals surface area contributed by atoms with Gasteiger partial charge in [-0.2, -0.15) is 27.1 Å². The van der Waals surface area contributed by atoms with Crippen LogP contribution < -0.4 is 10.7 Å². The molecule has 1 saturated carbocycles. The third-order valence-corrected chi connectivity index (χ3v) is 11.2. The molecule has 3 aliphatic carbocycles. The SMILES string of the molecule is CN1NC(=NS(C)(=O)=O)C2=CC=CC(c3ccc(C#CC4(C)COC4)nc3[C@H](Cc3cc(F)cc(F)c3)NC(=O)Cn3nc(C(F)(F)F)c4c3C(F)(F)[C@@H]3C[C@H]43)C21. The number of allylic oxidation sites excluding steroid dienone is 2. The summed E-state index contributed by atoms with van der Waals surface area (Å²) in [5, 5.41) is 7.80. The van der Waals surface area contributed by atoms with Gasteiger partial charge in [0.2, 0.25) is 5.91 Å². The van der Waals surface area contributed by atoms with Crippen molar-refractivity contribution in [3.8, 4) is 11.8 Å². The Labute approximate surface area is 322 Å². The Morgan fingerprint density at radius 3 is 2.54 bits per heavy atom. The lowest BCUT2D eigenvalue weighted by atomic mass is 9.81. The summed E-state index contributed by atoms with van der Waals surface area (Å²) < 4.78 is 136. The van der Waals surface area contributed by atoms with Crippen LogP contribution in [0.1, 0.15) is 70.7 Å². The van der Waals surface area contributed by atoms with Gasteiger partial charge in [-0.25, -0.2) is 27.2 Å². The maximum Gasteiger partial charge on any atom is 0.435 e. The fraction of sp³-hybridized carbons (Fsp3) is 0.421. The van der Waals surface area contributed by atoms with Crippen LogP contribution in [0.3, 0.4) is 0 Å². The highest BCUT2D eigenvalue weighted by Gasteiger charge is 2.68. The zero-order valence-electron chi connectivity index (χ0n) is 30.5. The number of sulfonamides is 1. The highest BCUT2D eigenvalue weighted by molar-refractivity contribution is 7.89. The molecule has 8 rings (SSSR count). The van der Waals surface area contributed by atoms with E-state index in [1.165, 1.54) is 0 Å². The zero-order valence-corrected chi connectivity index (χ0v) is 31.3. The molecular formula is C38H34F7N7O4S. The van der Waals surface area contributed by atoms with Crippen molar-refractivity contribution in [2.45, 2.75) is 62.3 Å². The number of ether oxygens (including phenoxy) is 1. The number of hydrogen-bond acceptors (Lipinski definition) is 7. The summed E-state index contributed by atoms with van der Waals surface area (Å²) in [7, 11) is -2.17. The summed E-state index contributed by atoms with van der Waals surface area (Å²) in [4.78, 5) is 18.8. The number of carbonyl (C=O) groups excluding carboxylic acids is 1. The average molecular weight is 818 g/mol. The number of amides is 1. The molecule has 5 aliphatic rings. The second-order valence-electron chi connectivity index (χ2n) is 15.3. The Kier molecular flexibility index (Phi) is 9.20. The summed E-state index contributed by atoms with van der Waals surface area (Å²) >= 11 is 0. The molecule has 3 fully saturated rings. The molecule has 11 nitrogen and oxygen atoms in total. The van der Waals surface area contributed by atoms with E-state index in [0.717, 1.165) is 18.4 Å². The van der Waals surface area contributed by atoms with Gasteiger partial charge in [0.15, 0.2) is 11.5 Å². The molecule has 2 unspecified atom stereocenters. The Morgan fingerprint density at radius 2 is 1.89 bits per heavy atom. The summed E-state index contributed by atoms with van der Waals surface area (Å²) in [5.74, 6) is -3.29. The number of likely N-dealkylation sites (N-methyl/N-ethyl adjacent to an activating group) is 1. The lowest BCUT2D eigenvalue weighted by Crippen LogP contribution is -2.39. The van der Waals surface area contributed by atoms with Crippen molar-refractivity contribution in [3.05, 3.63) is 105 Å². The minimum absolute atomic E-state index is 0.0640. The number of nitrogens with zero attached hydrogens (tertiary/aromatic N) is 5. The van der Waals surface area contributed by atoms with Crippen molar-refractivity contribution in [2.75, 3.05) is 26.5 Å². The molecule has 0 spiro atoms. The number of carbonyl (C=O) groups is 1. The predicted octanol–water partition coefficient (Wildman–Crippen LogP) is 5.03. The van der Waals surface area contributed by atoms with Gasteiger partial charge in [0.05, 0.1) is 42.7 Å². The molecule has 2 N–H and O–H groups in total. The van der Waals surface area contributed by atoms with Crippen molar-refractivity contribution < 1.29 is 48.7 Å². The number of amidine groups is 1. The first-order valence-electron chi connectivity index (χ1n) is 17.8. The molecule has 5 atom stereocenters. The van der Waals surface area contributed by atoms with Gasteiger partial charge in [0.1, 0.15) is 29.6 Å². The topological polar surface area (TPSA) is 131 Å². The number of aromatic nitrogens is 3. The number of hydrazine groups is 1. The zero-order chi connectivity index (χ0) is 40.8. The number of nitrogens with one attached hydrogen (secondary N) is 2. The summed E-state index contributed by atoms with van der Waals surface area (Å²) in [5.41, 5.74) is 0.841. The maximum absolute atomic E-state index is 15.4. The first-order valence-corrected chi connectivity index (χ1v) is 19.7. The monoisotopic (exact) mass is 817 g/mol. The number of pyridine rings is 1. The molecule has 19 heteroatoms. The standard InChI is InChI=1S/C38H34F7N7O4S/c1-36(17-56-18-36)10-9-22-7-8-23(24-5-4-6-25-32(24)51(2)49-35(25)50-57(3,54)55)31(46-22)28(13-19-11-20(39)14-21(40)12-19)47-29(53)16-52-34-30(33(48-52)38(43,44)45)26-15-27(26)37(34,41)42/h4-8,11-12,14,24,26-28,32H,13,15-18H2,1-3H3,(H,47,53)(H,49,50)/t24?,26-,27+,28-,32?/m0/s1. The smallest absolute Gasteiger partial charge is 0.378 e. The highest BCUT2D eigenvalue weighted by atomic mass is 32.2. The second-order valence-corrected chi connectivity index (χ2v) is 16.9. The average Bonchev–Trinajstić information content (AvgIpc) is 3.64. The third kappa shape index (κ3) is 7.34. The van der Waals surface area contributed by atoms with Crippen molar-refractivity contribution in [3.63, 3.8) is 0 Å². The largest absolute Gasteiger partial charge is 0.435 e. The Hall–Kier alpha value is -5.06. The minimum Gasteiger partial charge on any atom is -0.378 e. The van der Waals surface area contributed by atoms with Crippen LogP contribution in [-0.4, -0.2) is 72.5 Å². The fourth-order valence-corrected chi connectivity index (χ4v) is 8.60. The fourth-order valence-electron chi connectivity index (χ4n) is 8.12. The van der Waals surface area contributed by atoms with Crippen LogP contribution in [0.5, 0.6) is 0 Å². The van der Waals surface area contributed by atoms with E-state index in [2.05, 4.69) is 32.1 Å². The van der Waals surface area contributed by atoms with Crippen LogP contribution in [0.25, 0.3) is 0 Å². The van der Waals surface area contributed by atoms with Crippen molar-refractivity contribution in [2.24, 2.45) is 15.7 Å². The maximum atomic E-state index is 15.4. The first kappa shape index (κ1) is 38.8. The molecule has 4 heterocycles. The van der Waals surface area contributed by atoms with E-state index >= 15 is 8.78 Å². The van der Waals surface area contributed by atoms with E-state index in [4.69, 9.17) is 9.72 Å². The Morgan fingerprint density at radius 1 is 1.18 bits per heavy atom. The summed E-state index contributed by atoms with van der Waals surface area (Å²) in [6, 6.07) is 4.19. The molecule has 2 aliphatic heterocycles. The number of fused-ring (bicyclic) bond motifs is 4. The second kappa shape index (κ2) is 13.5. The van der Waals surface area contributed by atoms with Gasteiger partial charge >= 0.3 is 6.18 Å². The number of alkyl halides is 5. The summed E-state index contributed by atoms with van der Waals surface area (Å²) in [6.07, 6.45) is 0.607. The lowest BCUT2D eigenvalue weighted by molar-refractivity contribution is -0.142. The number of benzene rings is 1. The number of halogens is 7. The van der Waals surface area contributed by atoms with Crippen molar-refractivity contribution in [1.29, 1.82) is 0 Å². The van der Waals surface area contributed by atoms with Gasteiger partial charge in [0, 0.05) is 36.1 Å². The van der Waals surface area contributed by atoms with Crippen LogP contribution in [0.2, 0.25) is 0 Å². The van der Waals surface area contributed by atoms with Crippen molar-refractivity contribution in [1.82, 2.24) is 30.5 Å². The van der Waals surface area contributed by atoms with E-state index in [1.54, 1.807) is 42.4 Å². The van der Waals surface area contributed by atoms with Crippen LogP contribution in [-0.2, 0) is 44.6 Å². The number of rotatable bonds is 8. The molecule has 2 aromatic heterocycles. The lowest BCUT2D eigenvalue weighted by Gasteiger charge is -2.33. The number of hydrogen-bond donors (Lipinski definition) is 2. The Balaban J connectivity index is 1.22. The first-order chi connectivity index (χ1) is 26.7. The minimum atomic E-state index is -5.05. The molecule has 0 bridgehead atoms. The summed E-state index contributed by atoms with van der Waals surface area (Å²) in [6.45, 7) is 1.61. The normalized spacial score (nSPS) is 25.3. The van der Waals surface area contributed by atoms with Crippen LogP contribution in [0, 0.1) is 34.8 Å². The molecule has 3 aromatic rings. The quantitative estimate of drug-likeness (QED) is 0.240. The molecule has 2 saturated heterocycles. The van der Waals surface area contributed by atoms with Gasteiger partial charge in [0.25, 0.3) is 15.9 Å². The highest BCUT2D eigenvalue weighted by Crippen LogP contribution is 2.68. The van der Waals surface area contributed by atoms with E-state index in [0.29, 0.717) is 35.1 Å². The van der Waals surface area contributed by atoms with Crippen molar-refractivity contribution >= 4 is 21.8 Å². The Bertz CT molecular complexity index is 2450. The molecule has 0 radical (unpaired) electrons. The van der Waals surface area contributed by atoms with Crippen LogP contribution in [0.15, 0.2) is 58.5 Å². The molecular weight excluding hydrogens is 784 g/mol. The molecule has 1 aromatic carbocycles. The van der Waals surface area contributed by atoms with Gasteiger partial charge in [-0.05, 0) is 60.9 Å². The van der Waals surface area contributed by atoms with Crippen LogP contribution in [0.4, 0.5) is 30.7 Å². The van der Waals surface area contributed by atoms with E-state index in [1.807, 2.05) is 6.92 Å². The molecule has 300 valence electrons. The van der Waals surface area contributed by atoms with Gasteiger partial charge in [-0.15, -0.1) is 4.40 Å². The van der Waals surface area contributed by atoms with Crippen LogP contribution >= 0.6 is 0 Å². The van der Waals surface area contributed by atoms with E-state index in [-0.39, 0.29) is 35.6 Å².